The Bertz CT molecular complexity index is 697. The van der Waals surface area contributed by atoms with Crippen LogP contribution in [0.1, 0.15) is 11.3 Å². The second kappa shape index (κ2) is 2.37. The van der Waals surface area contributed by atoms with Crippen LogP contribution < -0.4 is 0 Å². The quantitative estimate of drug-likeness (QED) is 0.389. The first-order valence-corrected chi connectivity index (χ1v) is 5.22. The van der Waals surface area contributed by atoms with Crippen molar-refractivity contribution in [1.82, 2.24) is 4.98 Å². The van der Waals surface area contributed by atoms with Crippen molar-refractivity contribution >= 4 is 21.7 Å². The molecule has 1 aliphatic heterocycles. The standard InChI is InChI=1S/C14H9N/c1-2-4-11-9(3-1)7-14-12-6-5-10(15-14)8-13(11)12/h1-7H,8H2. The van der Waals surface area contributed by atoms with Crippen molar-refractivity contribution < 1.29 is 0 Å². The zero-order valence-corrected chi connectivity index (χ0v) is 8.20. The lowest BCUT2D eigenvalue weighted by molar-refractivity contribution is 1.09. The summed E-state index contributed by atoms with van der Waals surface area (Å²) in [5.41, 5.74) is 3.80. The highest BCUT2D eigenvalue weighted by atomic mass is 14.7. The molecule has 0 radical (unpaired) electrons. The molecule has 0 N–H and O–H groups in total. The summed E-state index contributed by atoms with van der Waals surface area (Å²) in [7, 11) is 0. The number of nitrogens with zero attached hydrogens (tertiary/aromatic N) is 1. The third-order valence-electron chi connectivity index (χ3n) is 3.24. The Balaban J connectivity index is 2.37. The SMILES string of the molecule is c1ccc2c3c4ccc(nc4cc2c1)C3. The van der Waals surface area contributed by atoms with Gasteiger partial charge in [0.1, 0.15) is 0 Å². The molecule has 1 heteroatoms. The smallest absolute Gasteiger partial charge is 0.0714 e. The van der Waals surface area contributed by atoms with Crippen molar-refractivity contribution in [2.75, 3.05) is 0 Å². The highest BCUT2D eigenvalue weighted by molar-refractivity contribution is 6.02. The van der Waals surface area contributed by atoms with Crippen LogP contribution in [0, 0.1) is 0 Å². The number of rotatable bonds is 0. The summed E-state index contributed by atoms with van der Waals surface area (Å²) >= 11 is 0. The molecule has 2 heterocycles. The van der Waals surface area contributed by atoms with E-state index >= 15 is 0 Å². The lowest BCUT2D eigenvalue weighted by atomic mass is 9.92. The Kier molecular flexibility index (Phi) is 1.17. The Morgan fingerprint density at radius 3 is 2.80 bits per heavy atom. The van der Waals surface area contributed by atoms with E-state index in [0.29, 0.717) is 0 Å². The largest absolute Gasteiger partial charge is 0.252 e. The number of fused-ring (bicyclic) bond motifs is 2. The molecule has 0 unspecified atom stereocenters. The molecule has 3 aromatic rings. The van der Waals surface area contributed by atoms with Crippen LogP contribution in [0.25, 0.3) is 21.7 Å². The van der Waals surface area contributed by atoms with E-state index in [1.165, 1.54) is 27.4 Å². The van der Waals surface area contributed by atoms with Gasteiger partial charge in [-0.2, -0.15) is 0 Å². The first-order valence-electron chi connectivity index (χ1n) is 5.22. The minimum absolute atomic E-state index is 1.00. The monoisotopic (exact) mass is 191 g/mol. The predicted octanol–water partition coefficient (Wildman–Crippen LogP) is 3.29. The van der Waals surface area contributed by atoms with Crippen molar-refractivity contribution in [3.63, 3.8) is 0 Å². The zero-order chi connectivity index (χ0) is 9.83. The van der Waals surface area contributed by atoms with Crippen LogP contribution in [0.4, 0.5) is 0 Å². The molecule has 4 bridgehead atoms. The zero-order valence-electron chi connectivity index (χ0n) is 8.20. The van der Waals surface area contributed by atoms with Gasteiger partial charge in [-0.25, -0.2) is 0 Å². The second-order valence-electron chi connectivity index (χ2n) is 4.12. The second-order valence-corrected chi connectivity index (χ2v) is 4.12. The van der Waals surface area contributed by atoms with Crippen molar-refractivity contribution in [3.8, 4) is 0 Å². The summed E-state index contributed by atoms with van der Waals surface area (Å²) in [5.74, 6) is 0. The molecule has 0 saturated carbocycles. The molecule has 0 fully saturated rings. The van der Waals surface area contributed by atoms with Gasteiger partial charge in [0.05, 0.1) is 5.52 Å². The highest BCUT2D eigenvalue weighted by Gasteiger charge is 2.14. The topological polar surface area (TPSA) is 12.9 Å². The molecular formula is C14H9N. The molecule has 0 spiro atoms. The Morgan fingerprint density at radius 1 is 0.933 bits per heavy atom. The Labute approximate surface area is 87.4 Å². The van der Waals surface area contributed by atoms with Crippen LogP contribution in [0.2, 0.25) is 0 Å². The van der Waals surface area contributed by atoms with Gasteiger partial charge in [0, 0.05) is 17.5 Å². The van der Waals surface area contributed by atoms with Crippen LogP contribution in [0.5, 0.6) is 0 Å². The first-order chi connectivity index (χ1) is 7.42. The van der Waals surface area contributed by atoms with Gasteiger partial charge in [-0.3, -0.25) is 4.98 Å². The molecule has 2 aromatic carbocycles. The van der Waals surface area contributed by atoms with E-state index in [4.69, 9.17) is 0 Å². The van der Waals surface area contributed by atoms with Gasteiger partial charge in [0.2, 0.25) is 0 Å². The minimum atomic E-state index is 1.00. The van der Waals surface area contributed by atoms with Gasteiger partial charge >= 0.3 is 0 Å². The summed E-state index contributed by atoms with van der Waals surface area (Å²) in [6, 6.07) is 15.1. The lowest BCUT2D eigenvalue weighted by Crippen LogP contribution is -2.02. The number of pyridine rings is 1. The van der Waals surface area contributed by atoms with Crippen LogP contribution >= 0.6 is 0 Å². The molecule has 5 rings (SSSR count). The molecule has 0 amide bonds. The van der Waals surface area contributed by atoms with Crippen LogP contribution in [0.3, 0.4) is 0 Å². The van der Waals surface area contributed by atoms with E-state index in [0.717, 1.165) is 11.9 Å². The highest BCUT2D eigenvalue weighted by Crippen LogP contribution is 2.32. The number of hydrogen-bond acceptors (Lipinski definition) is 1. The summed E-state index contributed by atoms with van der Waals surface area (Å²) in [6.07, 6.45) is 1.00. The van der Waals surface area contributed by atoms with Crippen molar-refractivity contribution in [3.05, 3.63) is 53.7 Å². The van der Waals surface area contributed by atoms with Gasteiger partial charge in [0.15, 0.2) is 0 Å². The average Bonchev–Trinajstić information content (AvgIpc) is 2.29. The number of hydrogen-bond donors (Lipinski definition) is 0. The van der Waals surface area contributed by atoms with Gasteiger partial charge < -0.3 is 0 Å². The van der Waals surface area contributed by atoms with E-state index in [1.54, 1.807) is 0 Å². The number of benzene rings is 2. The van der Waals surface area contributed by atoms with Gasteiger partial charge in [-0.15, -0.1) is 0 Å². The van der Waals surface area contributed by atoms with Gasteiger partial charge in [-0.1, -0.05) is 30.3 Å². The maximum absolute atomic E-state index is 4.60. The van der Waals surface area contributed by atoms with Gasteiger partial charge in [0.25, 0.3) is 0 Å². The first kappa shape index (κ1) is 7.41. The van der Waals surface area contributed by atoms with Crippen molar-refractivity contribution in [2.45, 2.75) is 6.42 Å². The fourth-order valence-electron chi connectivity index (χ4n) is 2.54. The summed E-state index contributed by atoms with van der Waals surface area (Å²) in [4.78, 5) is 4.60. The molecule has 0 saturated heterocycles. The fraction of sp³-hybridized carbons (Fsp3) is 0.0714. The number of aromatic nitrogens is 1. The van der Waals surface area contributed by atoms with E-state index in [2.05, 4.69) is 47.4 Å². The molecule has 70 valence electrons. The van der Waals surface area contributed by atoms with E-state index in [-0.39, 0.29) is 0 Å². The van der Waals surface area contributed by atoms with Crippen molar-refractivity contribution in [1.29, 1.82) is 0 Å². The summed E-state index contributed by atoms with van der Waals surface area (Å²) in [5, 5.41) is 4.01. The third kappa shape index (κ3) is 0.852. The molecule has 1 aliphatic carbocycles. The summed E-state index contributed by atoms with van der Waals surface area (Å²) < 4.78 is 0. The van der Waals surface area contributed by atoms with E-state index in [1.807, 2.05) is 0 Å². The summed E-state index contributed by atoms with van der Waals surface area (Å²) in [6.45, 7) is 0. The molecule has 1 nitrogen and oxygen atoms in total. The molecule has 15 heavy (non-hydrogen) atoms. The van der Waals surface area contributed by atoms with Crippen LogP contribution in [0.15, 0.2) is 42.5 Å². The van der Waals surface area contributed by atoms with Crippen molar-refractivity contribution in [2.24, 2.45) is 0 Å². The Hall–Kier alpha value is -1.89. The third-order valence-corrected chi connectivity index (χ3v) is 3.24. The van der Waals surface area contributed by atoms with Gasteiger partial charge in [-0.05, 0) is 28.5 Å². The molecular weight excluding hydrogens is 182 g/mol. The van der Waals surface area contributed by atoms with Crippen LogP contribution in [-0.4, -0.2) is 4.98 Å². The maximum Gasteiger partial charge on any atom is 0.0714 e. The molecule has 2 aliphatic rings. The van der Waals surface area contributed by atoms with E-state index < -0.39 is 0 Å². The molecule has 1 aromatic heterocycles. The average molecular weight is 191 g/mol. The Morgan fingerprint density at radius 2 is 1.87 bits per heavy atom. The normalized spacial score (nSPS) is 13.1. The van der Waals surface area contributed by atoms with Crippen LogP contribution in [-0.2, 0) is 6.42 Å². The molecule has 0 atom stereocenters. The lowest BCUT2D eigenvalue weighted by Gasteiger charge is -2.16. The maximum atomic E-state index is 4.60. The minimum Gasteiger partial charge on any atom is -0.252 e. The fourth-order valence-corrected chi connectivity index (χ4v) is 2.54. The van der Waals surface area contributed by atoms with E-state index in [9.17, 15) is 0 Å². The predicted molar refractivity (Wildman–Crippen MR) is 62.1 cm³/mol.